The van der Waals surface area contributed by atoms with Gasteiger partial charge in [0.05, 0.1) is 25.1 Å². The van der Waals surface area contributed by atoms with Gasteiger partial charge in [-0.3, -0.25) is 4.98 Å². The Bertz CT molecular complexity index is 339. The lowest BCUT2D eigenvalue weighted by atomic mass is 10.1. The molecule has 76 valence electrons. The van der Waals surface area contributed by atoms with Gasteiger partial charge in [0.1, 0.15) is 11.6 Å². The van der Waals surface area contributed by atoms with Crippen LogP contribution in [0.15, 0.2) is 18.8 Å². The fraction of sp³-hybridized carbons (Fsp3) is 0.300. The van der Waals surface area contributed by atoms with Crippen LogP contribution in [0.1, 0.15) is 18.2 Å². The lowest BCUT2D eigenvalue weighted by Gasteiger charge is -2.09. The van der Waals surface area contributed by atoms with E-state index in [1.165, 1.54) is 6.07 Å². The molecular formula is C10H12FNO2. The summed E-state index contributed by atoms with van der Waals surface area (Å²) in [5.41, 5.74) is 0.777. The van der Waals surface area contributed by atoms with Crippen LogP contribution in [-0.4, -0.2) is 16.7 Å². The van der Waals surface area contributed by atoms with E-state index in [1.54, 1.807) is 6.92 Å². The van der Waals surface area contributed by atoms with Crippen LogP contribution in [0.25, 0.3) is 5.76 Å². The average Bonchev–Trinajstić information content (AvgIpc) is 2.18. The third-order valence-corrected chi connectivity index (χ3v) is 1.71. The quantitative estimate of drug-likeness (QED) is 0.747. The standard InChI is InChI=1S/C10H12FNO2/c1-3-14-7(2)9-4-8(11)5-12-10(9)6-13/h4-5,13H,2-3,6H2,1H3. The summed E-state index contributed by atoms with van der Waals surface area (Å²) in [4.78, 5) is 3.73. The van der Waals surface area contributed by atoms with Crippen LogP contribution >= 0.6 is 0 Å². The van der Waals surface area contributed by atoms with E-state index in [2.05, 4.69) is 11.6 Å². The van der Waals surface area contributed by atoms with Crippen molar-refractivity contribution >= 4 is 5.76 Å². The van der Waals surface area contributed by atoms with Crippen molar-refractivity contribution in [1.29, 1.82) is 0 Å². The lowest BCUT2D eigenvalue weighted by Crippen LogP contribution is -2.00. The van der Waals surface area contributed by atoms with Crippen LogP contribution in [0, 0.1) is 5.82 Å². The molecule has 0 saturated heterocycles. The molecule has 4 heteroatoms. The number of hydrogen-bond acceptors (Lipinski definition) is 3. The van der Waals surface area contributed by atoms with Crippen molar-refractivity contribution in [2.75, 3.05) is 6.61 Å². The van der Waals surface area contributed by atoms with Gasteiger partial charge in [-0.05, 0) is 13.0 Å². The minimum absolute atomic E-state index is 0.262. The van der Waals surface area contributed by atoms with Gasteiger partial charge in [-0.2, -0.15) is 0 Å². The third kappa shape index (κ3) is 2.29. The highest BCUT2D eigenvalue weighted by Gasteiger charge is 2.08. The summed E-state index contributed by atoms with van der Waals surface area (Å²) in [5.74, 6) is -0.151. The predicted molar refractivity (Wildman–Crippen MR) is 50.8 cm³/mol. The maximum absolute atomic E-state index is 12.8. The van der Waals surface area contributed by atoms with Crippen LogP contribution in [0.2, 0.25) is 0 Å². The first-order valence-electron chi connectivity index (χ1n) is 4.26. The Morgan fingerprint density at radius 1 is 1.71 bits per heavy atom. The molecule has 1 heterocycles. The smallest absolute Gasteiger partial charge is 0.142 e. The summed E-state index contributed by atoms with van der Waals surface area (Å²) >= 11 is 0. The predicted octanol–water partition coefficient (Wildman–Crippen LogP) is 1.72. The minimum Gasteiger partial charge on any atom is -0.494 e. The summed E-state index contributed by atoms with van der Waals surface area (Å²) in [6.07, 6.45) is 1.05. The van der Waals surface area contributed by atoms with E-state index in [-0.39, 0.29) is 6.61 Å². The molecule has 0 unspecified atom stereocenters. The Morgan fingerprint density at radius 2 is 2.43 bits per heavy atom. The van der Waals surface area contributed by atoms with Crippen molar-refractivity contribution in [3.05, 3.63) is 35.9 Å². The molecule has 0 atom stereocenters. The number of hydrogen-bond donors (Lipinski definition) is 1. The maximum Gasteiger partial charge on any atom is 0.142 e. The molecule has 0 amide bonds. The first kappa shape index (κ1) is 10.7. The Balaban J connectivity index is 3.03. The molecule has 0 aromatic carbocycles. The van der Waals surface area contributed by atoms with Gasteiger partial charge in [0, 0.05) is 5.56 Å². The van der Waals surface area contributed by atoms with Gasteiger partial charge in [-0.1, -0.05) is 6.58 Å². The molecule has 0 fully saturated rings. The largest absolute Gasteiger partial charge is 0.494 e. The van der Waals surface area contributed by atoms with E-state index in [4.69, 9.17) is 9.84 Å². The third-order valence-electron chi connectivity index (χ3n) is 1.71. The van der Waals surface area contributed by atoms with Gasteiger partial charge in [0.15, 0.2) is 0 Å². The number of pyridine rings is 1. The summed E-state index contributed by atoms with van der Waals surface area (Å²) in [6, 6.07) is 1.25. The minimum atomic E-state index is -0.474. The number of halogens is 1. The van der Waals surface area contributed by atoms with E-state index in [1.807, 2.05) is 0 Å². The van der Waals surface area contributed by atoms with Crippen LogP contribution in [-0.2, 0) is 11.3 Å². The summed E-state index contributed by atoms with van der Waals surface area (Å²) in [6.45, 7) is 5.61. The molecule has 0 aliphatic heterocycles. The van der Waals surface area contributed by atoms with Crippen molar-refractivity contribution < 1.29 is 14.2 Å². The van der Waals surface area contributed by atoms with Crippen LogP contribution in [0.5, 0.6) is 0 Å². The second-order valence-electron chi connectivity index (χ2n) is 2.66. The van der Waals surface area contributed by atoms with Crippen molar-refractivity contribution in [2.24, 2.45) is 0 Å². The van der Waals surface area contributed by atoms with Crippen molar-refractivity contribution in [1.82, 2.24) is 4.98 Å². The first-order chi connectivity index (χ1) is 6.69. The highest BCUT2D eigenvalue weighted by Crippen LogP contribution is 2.18. The lowest BCUT2D eigenvalue weighted by molar-refractivity contribution is 0.271. The Labute approximate surface area is 81.9 Å². The van der Waals surface area contributed by atoms with Gasteiger partial charge in [0.2, 0.25) is 0 Å². The van der Waals surface area contributed by atoms with Crippen LogP contribution < -0.4 is 0 Å². The fourth-order valence-corrected chi connectivity index (χ4v) is 1.09. The first-order valence-corrected chi connectivity index (χ1v) is 4.26. The van der Waals surface area contributed by atoms with Gasteiger partial charge < -0.3 is 9.84 Å². The molecule has 0 saturated carbocycles. The highest BCUT2D eigenvalue weighted by molar-refractivity contribution is 5.59. The average molecular weight is 197 g/mol. The van der Waals surface area contributed by atoms with E-state index in [0.717, 1.165) is 6.20 Å². The van der Waals surface area contributed by atoms with Crippen molar-refractivity contribution in [3.8, 4) is 0 Å². The van der Waals surface area contributed by atoms with Gasteiger partial charge in [-0.25, -0.2) is 4.39 Å². The van der Waals surface area contributed by atoms with Gasteiger partial charge in [-0.15, -0.1) is 0 Å². The molecule has 3 nitrogen and oxygen atoms in total. The van der Waals surface area contributed by atoms with E-state index < -0.39 is 5.82 Å². The monoisotopic (exact) mass is 197 g/mol. The Morgan fingerprint density at radius 3 is 3.00 bits per heavy atom. The van der Waals surface area contributed by atoms with Gasteiger partial charge in [0.25, 0.3) is 0 Å². The molecule has 14 heavy (non-hydrogen) atoms. The Hall–Kier alpha value is -1.42. The zero-order valence-corrected chi connectivity index (χ0v) is 7.96. The molecule has 0 aliphatic rings. The highest BCUT2D eigenvalue weighted by atomic mass is 19.1. The zero-order valence-electron chi connectivity index (χ0n) is 7.96. The maximum atomic E-state index is 12.8. The topological polar surface area (TPSA) is 42.4 Å². The molecule has 1 aromatic rings. The number of ether oxygens (including phenoxy) is 1. The fourth-order valence-electron chi connectivity index (χ4n) is 1.09. The van der Waals surface area contributed by atoms with Crippen LogP contribution in [0.4, 0.5) is 4.39 Å². The Kier molecular flexibility index (Phi) is 3.59. The molecule has 0 aliphatic carbocycles. The second-order valence-corrected chi connectivity index (χ2v) is 2.66. The zero-order chi connectivity index (χ0) is 10.6. The number of rotatable bonds is 4. The molecular weight excluding hydrogens is 185 g/mol. The summed E-state index contributed by atoms with van der Waals surface area (Å²) in [7, 11) is 0. The number of aliphatic hydroxyl groups is 1. The second kappa shape index (κ2) is 4.72. The summed E-state index contributed by atoms with van der Waals surface area (Å²) < 4.78 is 18.0. The number of nitrogens with zero attached hydrogens (tertiary/aromatic N) is 1. The van der Waals surface area contributed by atoms with E-state index >= 15 is 0 Å². The molecule has 1 N–H and O–H groups in total. The molecule has 0 radical (unpaired) electrons. The van der Waals surface area contributed by atoms with E-state index in [0.29, 0.717) is 23.6 Å². The normalized spacial score (nSPS) is 9.93. The molecule has 1 aromatic heterocycles. The molecule has 0 spiro atoms. The SMILES string of the molecule is C=C(OCC)c1cc(F)cnc1CO. The number of aromatic nitrogens is 1. The van der Waals surface area contributed by atoms with Crippen molar-refractivity contribution in [3.63, 3.8) is 0 Å². The van der Waals surface area contributed by atoms with Crippen LogP contribution in [0.3, 0.4) is 0 Å². The van der Waals surface area contributed by atoms with E-state index in [9.17, 15) is 4.39 Å². The van der Waals surface area contributed by atoms with Gasteiger partial charge >= 0.3 is 0 Å². The summed E-state index contributed by atoms with van der Waals surface area (Å²) in [5, 5.41) is 8.94. The van der Waals surface area contributed by atoms with Crippen molar-refractivity contribution in [2.45, 2.75) is 13.5 Å². The molecule has 1 rings (SSSR count). The molecule has 0 bridgehead atoms. The number of aliphatic hydroxyl groups excluding tert-OH is 1.